The first-order valence-corrected chi connectivity index (χ1v) is 7.36. The van der Waals surface area contributed by atoms with E-state index in [1.165, 1.54) is 11.9 Å². The van der Waals surface area contributed by atoms with Crippen molar-refractivity contribution in [3.8, 4) is 0 Å². The molecule has 0 aliphatic heterocycles. The highest BCUT2D eigenvalue weighted by Crippen LogP contribution is 2.09. The summed E-state index contributed by atoms with van der Waals surface area (Å²) in [6, 6.07) is 9.39. The number of rotatable bonds is 6. The van der Waals surface area contributed by atoms with Crippen LogP contribution >= 0.6 is 11.9 Å². The Morgan fingerprint density at radius 1 is 1.24 bits per heavy atom. The van der Waals surface area contributed by atoms with Gasteiger partial charge in [0, 0.05) is 36.7 Å². The van der Waals surface area contributed by atoms with E-state index in [9.17, 15) is 0 Å². The fourth-order valence-electron chi connectivity index (χ4n) is 1.63. The number of aromatic nitrogens is 2. The third-order valence-corrected chi connectivity index (χ3v) is 3.27. The van der Waals surface area contributed by atoms with Gasteiger partial charge in [-0.3, -0.25) is 3.97 Å². The number of azide groups is 1. The van der Waals surface area contributed by atoms with Gasteiger partial charge >= 0.3 is 0 Å². The topological polar surface area (TPSA) is 95.7 Å². The van der Waals surface area contributed by atoms with Crippen LogP contribution in [0.3, 0.4) is 0 Å². The summed E-state index contributed by atoms with van der Waals surface area (Å²) < 4.78 is 3.72. The van der Waals surface area contributed by atoms with Crippen LogP contribution in [0.4, 0.5) is 5.69 Å². The van der Waals surface area contributed by atoms with Crippen LogP contribution in [0.1, 0.15) is 0 Å². The van der Waals surface area contributed by atoms with Crippen LogP contribution in [0.2, 0.25) is 0 Å². The minimum absolute atomic E-state index is 0.359. The molecule has 0 aliphatic carbocycles. The van der Waals surface area contributed by atoms with Crippen LogP contribution in [0.25, 0.3) is 10.4 Å². The van der Waals surface area contributed by atoms with E-state index in [1.54, 1.807) is 0 Å². The Balaban J connectivity index is 2.23. The predicted molar refractivity (Wildman–Crippen MR) is 81.9 cm³/mol. The molecular weight excluding hydrogens is 288 g/mol. The van der Waals surface area contributed by atoms with Crippen molar-refractivity contribution in [1.29, 1.82) is 0 Å². The third kappa shape index (κ3) is 4.23. The molecule has 21 heavy (non-hydrogen) atoms. The summed E-state index contributed by atoms with van der Waals surface area (Å²) in [7, 11) is 0. The maximum atomic E-state index is 8.32. The van der Waals surface area contributed by atoms with Crippen molar-refractivity contribution < 1.29 is 0 Å². The Kier molecular flexibility index (Phi) is 5.62. The molecule has 108 valence electrons. The second kappa shape index (κ2) is 7.93. The monoisotopic (exact) mass is 302 g/mol. The Hall–Kier alpha value is -2.51. The molecule has 0 bridgehead atoms. The van der Waals surface area contributed by atoms with Gasteiger partial charge in [0.25, 0.3) is 0 Å². The molecule has 0 fully saturated rings. The largest absolute Gasteiger partial charge is 0.315 e. The first-order chi connectivity index (χ1) is 10.3. The lowest BCUT2D eigenvalue weighted by atomic mass is 10.3. The van der Waals surface area contributed by atoms with E-state index in [4.69, 9.17) is 5.53 Å². The van der Waals surface area contributed by atoms with Gasteiger partial charge in [-0.1, -0.05) is 28.4 Å². The van der Waals surface area contributed by atoms with Crippen molar-refractivity contribution in [2.24, 2.45) is 20.6 Å². The molecule has 0 atom stereocenters. The van der Waals surface area contributed by atoms with Crippen LogP contribution in [-0.4, -0.2) is 21.3 Å². The highest BCUT2D eigenvalue weighted by Gasteiger charge is 2.00. The summed E-state index contributed by atoms with van der Waals surface area (Å²) in [4.78, 5) is 2.74. The zero-order chi connectivity index (χ0) is 14.9. The first-order valence-electron chi connectivity index (χ1n) is 6.18. The van der Waals surface area contributed by atoms with E-state index >= 15 is 0 Å². The van der Waals surface area contributed by atoms with E-state index in [-0.39, 0.29) is 0 Å². The zero-order valence-corrected chi connectivity index (χ0v) is 12.3. The van der Waals surface area contributed by atoms with E-state index in [0.29, 0.717) is 18.7 Å². The number of hydrogen-bond acceptors (Lipinski definition) is 4. The molecule has 0 saturated carbocycles. The number of nitrogens with zero attached hydrogens (tertiary/aromatic N) is 8. The fraction of sp³-hybridized carbons (Fsp3) is 0.250. The van der Waals surface area contributed by atoms with Gasteiger partial charge in [-0.15, -0.1) is 5.11 Å². The van der Waals surface area contributed by atoms with Gasteiger partial charge in [0.1, 0.15) is 0 Å². The number of imidazole rings is 1. The van der Waals surface area contributed by atoms with Crippen molar-refractivity contribution in [2.75, 3.05) is 12.8 Å². The minimum atomic E-state index is 0.359. The molecule has 1 aromatic carbocycles. The maximum absolute atomic E-state index is 8.32. The molecule has 0 amide bonds. The van der Waals surface area contributed by atoms with Gasteiger partial charge in [0.2, 0.25) is 5.62 Å². The second-order valence-corrected chi connectivity index (χ2v) is 4.64. The SMILES string of the molecule is CSn1ccn(CCN=[N+]=[N-])/c1=N/N=Nc1ccccc1. The Labute approximate surface area is 125 Å². The smallest absolute Gasteiger partial charge is 0.241 e. The summed E-state index contributed by atoms with van der Waals surface area (Å²) >= 11 is 1.50. The molecule has 0 radical (unpaired) electrons. The lowest BCUT2D eigenvalue weighted by Gasteiger charge is -1.99. The van der Waals surface area contributed by atoms with Crippen LogP contribution in [0.5, 0.6) is 0 Å². The zero-order valence-electron chi connectivity index (χ0n) is 11.4. The fourth-order valence-corrected chi connectivity index (χ4v) is 2.11. The molecule has 9 heteroatoms. The lowest BCUT2D eigenvalue weighted by Crippen LogP contribution is -2.23. The summed E-state index contributed by atoms with van der Waals surface area (Å²) in [6.45, 7) is 0.898. The predicted octanol–water partition coefficient (Wildman–Crippen LogP) is 3.33. The second-order valence-electron chi connectivity index (χ2n) is 3.88. The normalized spacial score (nSPS) is 11.8. The molecule has 2 rings (SSSR count). The van der Waals surface area contributed by atoms with E-state index in [0.717, 1.165) is 5.69 Å². The Morgan fingerprint density at radius 3 is 2.76 bits per heavy atom. The molecule has 0 aliphatic rings. The van der Waals surface area contributed by atoms with Crippen LogP contribution in [0, 0.1) is 0 Å². The molecule has 1 aromatic heterocycles. The standard InChI is InChI=1S/C12H14N8S/c1-21-20-10-9-19(8-7-14-17-13)12(20)16-18-15-11-5-3-2-4-6-11/h2-6,9-10H,7-8H2,1H3/b16-12-,18-15?. The van der Waals surface area contributed by atoms with Crippen LogP contribution in [0.15, 0.2) is 63.3 Å². The molecule has 8 nitrogen and oxygen atoms in total. The molecule has 0 unspecified atom stereocenters. The molecule has 0 spiro atoms. The average molecular weight is 302 g/mol. The first kappa shape index (κ1) is 14.9. The Bertz CT molecular complexity index is 708. The van der Waals surface area contributed by atoms with Gasteiger partial charge < -0.3 is 4.57 Å². The van der Waals surface area contributed by atoms with Crippen LogP contribution < -0.4 is 5.62 Å². The third-order valence-electron chi connectivity index (χ3n) is 2.59. The van der Waals surface area contributed by atoms with Crippen LogP contribution in [-0.2, 0) is 6.54 Å². The van der Waals surface area contributed by atoms with Gasteiger partial charge in [-0.2, -0.15) is 0 Å². The van der Waals surface area contributed by atoms with E-state index < -0.39 is 0 Å². The molecule has 0 saturated heterocycles. The van der Waals surface area contributed by atoms with Crippen molar-refractivity contribution in [1.82, 2.24) is 8.54 Å². The highest BCUT2D eigenvalue weighted by atomic mass is 32.2. The minimum Gasteiger partial charge on any atom is -0.315 e. The van der Waals surface area contributed by atoms with Gasteiger partial charge in [-0.05, 0) is 34.8 Å². The lowest BCUT2D eigenvalue weighted by molar-refractivity contribution is 0.654. The van der Waals surface area contributed by atoms with Gasteiger partial charge in [-0.25, -0.2) is 0 Å². The van der Waals surface area contributed by atoms with Gasteiger partial charge in [0.15, 0.2) is 0 Å². The summed E-state index contributed by atoms with van der Waals surface area (Å²) in [5, 5.41) is 15.6. The number of benzene rings is 1. The Morgan fingerprint density at radius 2 is 2.05 bits per heavy atom. The molecule has 0 N–H and O–H groups in total. The number of hydrogen-bond donors (Lipinski definition) is 0. The molecular formula is C12H14N8S. The van der Waals surface area contributed by atoms with Crippen molar-refractivity contribution >= 4 is 17.6 Å². The maximum Gasteiger partial charge on any atom is 0.241 e. The quantitative estimate of drug-likeness (QED) is 0.348. The summed E-state index contributed by atoms with van der Waals surface area (Å²) in [5.41, 5.74) is 9.69. The van der Waals surface area contributed by atoms with Crippen molar-refractivity contribution in [3.63, 3.8) is 0 Å². The van der Waals surface area contributed by atoms with E-state index in [2.05, 4.69) is 25.5 Å². The highest BCUT2D eigenvalue weighted by molar-refractivity contribution is 7.97. The van der Waals surface area contributed by atoms with E-state index in [1.807, 2.05) is 57.5 Å². The molecule has 1 heterocycles. The van der Waals surface area contributed by atoms with Crippen molar-refractivity contribution in [3.05, 3.63) is 58.8 Å². The summed E-state index contributed by atoms with van der Waals surface area (Å²) in [6.07, 6.45) is 5.67. The van der Waals surface area contributed by atoms with Crippen molar-refractivity contribution in [2.45, 2.75) is 6.54 Å². The molecule has 2 aromatic rings. The van der Waals surface area contributed by atoms with Gasteiger partial charge in [0.05, 0.1) is 5.69 Å². The summed E-state index contributed by atoms with van der Waals surface area (Å²) in [5.74, 6) is 0. The average Bonchev–Trinajstić information content (AvgIpc) is 2.91.